The van der Waals surface area contributed by atoms with E-state index in [1.807, 2.05) is 6.92 Å². The highest BCUT2D eigenvalue weighted by molar-refractivity contribution is 5.29. The van der Waals surface area contributed by atoms with Crippen LogP contribution in [0.3, 0.4) is 0 Å². The molecule has 0 aromatic rings. The summed E-state index contributed by atoms with van der Waals surface area (Å²) in [5, 5.41) is 0. The third kappa shape index (κ3) is 2.89. The second-order valence-electron chi connectivity index (χ2n) is 3.61. The fourth-order valence-electron chi connectivity index (χ4n) is 1.53. The lowest BCUT2D eigenvalue weighted by molar-refractivity contribution is 0.311. The maximum atomic E-state index is 13.1. The smallest absolute Gasteiger partial charge is 0.155 e. The zero-order valence-electron chi connectivity index (χ0n) is 8.32. The van der Waals surface area contributed by atoms with Gasteiger partial charge in [-0.25, -0.2) is 13.2 Å². The summed E-state index contributed by atoms with van der Waals surface area (Å²) in [5.41, 5.74) is 0.423. The van der Waals surface area contributed by atoms with Crippen molar-refractivity contribution in [3.05, 3.63) is 23.3 Å². The number of hydrogen-bond acceptors (Lipinski definition) is 0. The Bertz CT molecular complexity index is 253. The molecule has 0 heterocycles. The summed E-state index contributed by atoms with van der Waals surface area (Å²) in [6.45, 7) is 2.04. The number of unbranched alkanes of at least 4 members (excludes halogenated alkanes) is 2. The first-order valence-corrected chi connectivity index (χ1v) is 5.03. The molecule has 1 atom stereocenters. The van der Waals surface area contributed by atoms with Gasteiger partial charge in [0, 0.05) is 12.5 Å². The summed E-state index contributed by atoms with van der Waals surface area (Å²) in [6.07, 6.45) is 2.36. The molecule has 0 aromatic heterocycles. The number of halogens is 3. The highest BCUT2D eigenvalue weighted by atomic mass is 19.2. The Labute approximate surface area is 82.5 Å². The molecule has 0 saturated heterocycles. The standard InChI is InChI=1S/C11H15F3/c1-2-3-4-5-8-6-10(13)11(14)7-9(8)12/h7,10H,2-6H2,1H3. The molecule has 1 rings (SSSR count). The minimum Gasteiger partial charge on any atom is -0.239 e. The summed E-state index contributed by atoms with van der Waals surface area (Å²) in [6, 6.07) is 0. The third-order valence-electron chi connectivity index (χ3n) is 2.41. The van der Waals surface area contributed by atoms with E-state index in [4.69, 9.17) is 0 Å². The molecule has 80 valence electrons. The van der Waals surface area contributed by atoms with E-state index in [0.29, 0.717) is 18.1 Å². The molecule has 0 spiro atoms. The van der Waals surface area contributed by atoms with Gasteiger partial charge in [-0.1, -0.05) is 19.8 Å². The molecule has 0 fully saturated rings. The van der Waals surface area contributed by atoms with Gasteiger partial charge in [0.05, 0.1) is 0 Å². The van der Waals surface area contributed by atoms with Gasteiger partial charge in [-0.05, 0) is 18.4 Å². The van der Waals surface area contributed by atoms with Crippen molar-refractivity contribution >= 4 is 0 Å². The monoisotopic (exact) mass is 204 g/mol. The molecule has 1 aliphatic carbocycles. The predicted octanol–water partition coefficient (Wildman–Crippen LogP) is 4.39. The largest absolute Gasteiger partial charge is 0.239 e. The molecule has 0 radical (unpaired) electrons. The fraction of sp³-hybridized carbons (Fsp3) is 0.636. The van der Waals surface area contributed by atoms with E-state index in [1.165, 1.54) is 0 Å². The van der Waals surface area contributed by atoms with E-state index < -0.39 is 17.8 Å². The van der Waals surface area contributed by atoms with Gasteiger partial charge in [0.25, 0.3) is 0 Å². The Hall–Kier alpha value is -0.730. The van der Waals surface area contributed by atoms with Crippen molar-refractivity contribution in [3.8, 4) is 0 Å². The fourth-order valence-corrected chi connectivity index (χ4v) is 1.53. The molecule has 0 aromatic carbocycles. The first-order chi connectivity index (χ1) is 6.65. The lowest BCUT2D eigenvalue weighted by atomic mass is 9.97. The predicted molar refractivity (Wildman–Crippen MR) is 51.0 cm³/mol. The van der Waals surface area contributed by atoms with E-state index >= 15 is 0 Å². The summed E-state index contributed by atoms with van der Waals surface area (Å²) < 4.78 is 38.6. The number of allylic oxidation sites excluding steroid dienone is 4. The highest BCUT2D eigenvalue weighted by Gasteiger charge is 2.22. The maximum Gasteiger partial charge on any atom is 0.155 e. The highest BCUT2D eigenvalue weighted by Crippen LogP contribution is 2.31. The van der Waals surface area contributed by atoms with Crippen LogP contribution in [0.25, 0.3) is 0 Å². The molecule has 0 N–H and O–H groups in total. The third-order valence-corrected chi connectivity index (χ3v) is 2.41. The van der Waals surface area contributed by atoms with E-state index in [0.717, 1.165) is 19.3 Å². The van der Waals surface area contributed by atoms with Crippen LogP contribution >= 0.6 is 0 Å². The molecule has 14 heavy (non-hydrogen) atoms. The SMILES string of the molecule is CCCCCC1=C(F)C=C(F)C(F)C1. The van der Waals surface area contributed by atoms with Crippen molar-refractivity contribution in [3.63, 3.8) is 0 Å². The van der Waals surface area contributed by atoms with Gasteiger partial charge in [0.15, 0.2) is 6.17 Å². The average molecular weight is 204 g/mol. The van der Waals surface area contributed by atoms with Crippen LogP contribution in [0.1, 0.15) is 39.0 Å². The van der Waals surface area contributed by atoms with E-state index in [-0.39, 0.29) is 6.42 Å². The lowest BCUT2D eigenvalue weighted by Gasteiger charge is -2.15. The van der Waals surface area contributed by atoms with Gasteiger partial charge in [0.1, 0.15) is 11.7 Å². The van der Waals surface area contributed by atoms with Gasteiger partial charge in [-0.15, -0.1) is 0 Å². The Balaban J connectivity index is 2.54. The van der Waals surface area contributed by atoms with E-state index in [2.05, 4.69) is 0 Å². The summed E-state index contributed by atoms with van der Waals surface area (Å²) in [4.78, 5) is 0. The van der Waals surface area contributed by atoms with Crippen LogP contribution in [0.4, 0.5) is 13.2 Å². The number of rotatable bonds is 4. The van der Waals surface area contributed by atoms with Crippen LogP contribution in [0.2, 0.25) is 0 Å². The van der Waals surface area contributed by atoms with Crippen LogP contribution in [0, 0.1) is 0 Å². The maximum absolute atomic E-state index is 13.1. The van der Waals surface area contributed by atoms with Gasteiger partial charge < -0.3 is 0 Å². The first-order valence-electron chi connectivity index (χ1n) is 5.03. The minimum atomic E-state index is -1.63. The van der Waals surface area contributed by atoms with Crippen molar-refractivity contribution in [2.75, 3.05) is 0 Å². The zero-order chi connectivity index (χ0) is 10.6. The lowest BCUT2D eigenvalue weighted by Crippen LogP contribution is -2.08. The zero-order valence-corrected chi connectivity index (χ0v) is 8.32. The van der Waals surface area contributed by atoms with Crippen molar-refractivity contribution in [2.24, 2.45) is 0 Å². The molecular formula is C11H15F3. The van der Waals surface area contributed by atoms with Crippen LogP contribution in [0.5, 0.6) is 0 Å². The van der Waals surface area contributed by atoms with Gasteiger partial charge >= 0.3 is 0 Å². The van der Waals surface area contributed by atoms with Crippen molar-refractivity contribution < 1.29 is 13.2 Å². The molecule has 1 unspecified atom stereocenters. The van der Waals surface area contributed by atoms with Crippen molar-refractivity contribution in [1.82, 2.24) is 0 Å². The summed E-state index contributed by atoms with van der Waals surface area (Å²) >= 11 is 0. The van der Waals surface area contributed by atoms with Crippen molar-refractivity contribution in [1.29, 1.82) is 0 Å². The Kier molecular flexibility index (Phi) is 4.23. The van der Waals surface area contributed by atoms with Crippen LogP contribution in [-0.2, 0) is 0 Å². The Morgan fingerprint density at radius 3 is 2.71 bits per heavy atom. The molecule has 0 bridgehead atoms. The van der Waals surface area contributed by atoms with Crippen LogP contribution in [0.15, 0.2) is 23.3 Å². The molecule has 0 nitrogen and oxygen atoms in total. The first kappa shape index (κ1) is 11.3. The Morgan fingerprint density at radius 2 is 2.07 bits per heavy atom. The van der Waals surface area contributed by atoms with Gasteiger partial charge in [-0.2, -0.15) is 0 Å². The summed E-state index contributed by atoms with van der Waals surface area (Å²) in [5.74, 6) is -1.56. The average Bonchev–Trinajstić information content (AvgIpc) is 2.14. The summed E-state index contributed by atoms with van der Waals surface area (Å²) in [7, 11) is 0. The van der Waals surface area contributed by atoms with E-state index in [9.17, 15) is 13.2 Å². The molecule has 0 aliphatic heterocycles. The minimum absolute atomic E-state index is 0.113. The molecule has 1 aliphatic rings. The molecule has 0 amide bonds. The van der Waals surface area contributed by atoms with E-state index in [1.54, 1.807) is 0 Å². The number of hydrogen-bond donors (Lipinski definition) is 0. The molecule has 3 heteroatoms. The normalized spacial score (nSPS) is 22.6. The quantitative estimate of drug-likeness (QED) is 0.596. The Morgan fingerprint density at radius 1 is 1.36 bits per heavy atom. The van der Waals surface area contributed by atoms with Crippen LogP contribution in [-0.4, -0.2) is 6.17 Å². The van der Waals surface area contributed by atoms with Crippen molar-refractivity contribution in [2.45, 2.75) is 45.2 Å². The second-order valence-corrected chi connectivity index (χ2v) is 3.61. The molecular weight excluding hydrogens is 189 g/mol. The second kappa shape index (κ2) is 5.23. The molecule has 0 saturated carbocycles. The number of alkyl halides is 1. The van der Waals surface area contributed by atoms with Gasteiger partial charge in [0.2, 0.25) is 0 Å². The topological polar surface area (TPSA) is 0 Å². The van der Waals surface area contributed by atoms with Crippen LogP contribution < -0.4 is 0 Å². The van der Waals surface area contributed by atoms with Gasteiger partial charge in [-0.3, -0.25) is 0 Å².